The van der Waals surface area contributed by atoms with Gasteiger partial charge in [0.1, 0.15) is 0 Å². The Morgan fingerprint density at radius 2 is 1.72 bits per heavy atom. The van der Waals surface area contributed by atoms with Crippen LogP contribution in [0.2, 0.25) is 5.02 Å². The highest BCUT2D eigenvalue weighted by Crippen LogP contribution is 2.38. The molecule has 9 heteroatoms. The second kappa shape index (κ2) is 10.8. The average molecular weight is 526 g/mol. The third-order valence-electron chi connectivity index (χ3n) is 6.29. The Labute approximate surface area is 216 Å². The van der Waals surface area contributed by atoms with E-state index in [1.807, 2.05) is 6.07 Å². The third kappa shape index (κ3) is 5.16. The molecule has 1 N–H and O–H groups in total. The molecule has 1 aliphatic heterocycles. The lowest BCUT2D eigenvalue weighted by molar-refractivity contribution is 0.0945. The number of fused-ring (bicyclic) bond motifs is 2. The van der Waals surface area contributed by atoms with Crippen molar-refractivity contribution in [1.82, 2.24) is 10.2 Å². The van der Waals surface area contributed by atoms with Crippen molar-refractivity contribution in [2.75, 3.05) is 31.1 Å². The van der Waals surface area contributed by atoms with Crippen LogP contribution in [0.25, 0.3) is 0 Å². The summed E-state index contributed by atoms with van der Waals surface area (Å²) in [6.07, 6.45) is 0. The van der Waals surface area contributed by atoms with Crippen LogP contribution in [0.1, 0.15) is 40.1 Å². The molecule has 3 aromatic rings. The summed E-state index contributed by atoms with van der Waals surface area (Å²) >= 11 is 6.16. The van der Waals surface area contributed by atoms with Crippen molar-refractivity contribution in [1.29, 1.82) is 0 Å². The zero-order valence-corrected chi connectivity index (χ0v) is 21.8. The first-order valence-corrected chi connectivity index (χ1v) is 13.7. The summed E-state index contributed by atoms with van der Waals surface area (Å²) in [6, 6.07) is 17.6. The van der Waals surface area contributed by atoms with Gasteiger partial charge in [-0.3, -0.25) is 9.59 Å². The van der Waals surface area contributed by atoms with E-state index in [0.717, 1.165) is 18.7 Å². The Balaban J connectivity index is 1.77. The first-order valence-electron chi connectivity index (χ1n) is 11.8. The van der Waals surface area contributed by atoms with Gasteiger partial charge in [-0.2, -0.15) is 0 Å². The van der Waals surface area contributed by atoms with E-state index in [4.69, 9.17) is 11.6 Å². The topological polar surface area (TPSA) is 86.8 Å². The molecule has 0 spiro atoms. The number of amides is 2. The second-order valence-electron chi connectivity index (χ2n) is 8.49. The van der Waals surface area contributed by atoms with E-state index in [-0.39, 0.29) is 39.1 Å². The number of benzene rings is 3. The fourth-order valence-electron chi connectivity index (χ4n) is 4.29. The fraction of sp³-hybridized carbons (Fsp3) is 0.259. The van der Waals surface area contributed by atoms with Gasteiger partial charge in [0.25, 0.3) is 11.8 Å². The summed E-state index contributed by atoms with van der Waals surface area (Å²) in [5.74, 6) is -0.800. The van der Waals surface area contributed by atoms with E-state index >= 15 is 0 Å². The van der Waals surface area contributed by atoms with Crippen molar-refractivity contribution in [3.63, 3.8) is 0 Å². The lowest BCUT2D eigenvalue weighted by Gasteiger charge is -2.24. The summed E-state index contributed by atoms with van der Waals surface area (Å²) in [7, 11) is -4.01. The van der Waals surface area contributed by atoms with Gasteiger partial charge in [0, 0.05) is 23.7 Å². The molecule has 1 aliphatic rings. The maximum atomic E-state index is 13.7. The molecule has 4 rings (SSSR count). The molecule has 36 heavy (non-hydrogen) atoms. The van der Waals surface area contributed by atoms with E-state index in [0.29, 0.717) is 18.1 Å². The molecule has 188 valence electrons. The normalized spacial score (nSPS) is 14.2. The van der Waals surface area contributed by atoms with Gasteiger partial charge in [-0.05, 0) is 61.1 Å². The second-order valence-corrected chi connectivity index (χ2v) is 10.8. The number of nitrogens with one attached hydrogen (secondary N) is 1. The van der Waals surface area contributed by atoms with Gasteiger partial charge in [0.15, 0.2) is 0 Å². The van der Waals surface area contributed by atoms with Crippen LogP contribution in [0.4, 0.5) is 5.69 Å². The molecule has 0 radical (unpaired) electrons. The first kappa shape index (κ1) is 25.9. The number of nitrogens with zero attached hydrogens (tertiary/aromatic N) is 2. The molecule has 0 saturated carbocycles. The van der Waals surface area contributed by atoms with Crippen LogP contribution in [0.5, 0.6) is 0 Å². The molecule has 0 unspecified atom stereocenters. The minimum Gasteiger partial charge on any atom is -0.351 e. The van der Waals surface area contributed by atoms with Crippen molar-refractivity contribution in [2.45, 2.75) is 30.2 Å². The van der Waals surface area contributed by atoms with E-state index in [2.05, 4.69) is 24.1 Å². The lowest BCUT2D eigenvalue weighted by atomic mass is 10.1. The Hall–Kier alpha value is -3.20. The Kier molecular flexibility index (Phi) is 7.78. The number of anilines is 1. The quantitative estimate of drug-likeness (QED) is 0.471. The van der Waals surface area contributed by atoms with E-state index in [1.54, 1.807) is 30.3 Å². The van der Waals surface area contributed by atoms with Crippen molar-refractivity contribution in [3.8, 4) is 0 Å². The van der Waals surface area contributed by atoms with Gasteiger partial charge in [0.2, 0.25) is 9.84 Å². The zero-order chi connectivity index (χ0) is 25.9. The molecule has 3 aromatic carbocycles. The number of carbonyl (C=O) groups is 2. The molecule has 2 amide bonds. The Bertz CT molecular complexity index is 1400. The van der Waals surface area contributed by atoms with Crippen LogP contribution in [0.15, 0.2) is 76.5 Å². The highest BCUT2D eigenvalue weighted by Gasteiger charge is 2.36. The van der Waals surface area contributed by atoms with Crippen molar-refractivity contribution < 1.29 is 18.0 Å². The first-order chi connectivity index (χ1) is 17.3. The largest absolute Gasteiger partial charge is 0.351 e. The molecule has 1 heterocycles. The minimum atomic E-state index is -4.01. The number of likely N-dealkylation sites (N-methyl/N-ethyl adjacent to an activating group) is 1. The van der Waals surface area contributed by atoms with Gasteiger partial charge in [-0.15, -0.1) is 0 Å². The Morgan fingerprint density at radius 1 is 0.972 bits per heavy atom. The number of halogens is 1. The highest BCUT2D eigenvalue weighted by atomic mass is 35.5. The molecular weight excluding hydrogens is 498 g/mol. The van der Waals surface area contributed by atoms with Gasteiger partial charge in [-0.25, -0.2) is 8.42 Å². The summed E-state index contributed by atoms with van der Waals surface area (Å²) in [5.41, 5.74) is 1.25. The average Bonchev–Trinajstić information content (AvgIpc) is 2.94. The summed E-state index contributed by atoms with van der Waals surface area (Å²) in [5, 5.41) is 3.39. The van der Waals surface area contributed by atoms with Crippen LogP contribution in [0.3, 0.4) is 0 Å². The predicted molar refractivity (Wildman–Crippen MR) is 140 cm³/mol. The monoisotopic (exact) mass is 525 g/mol. The number of hydrogen-bond acceptors (Lipinski definition) is 5. The van der Waals surface area contributed by atoms with Crippen LogP contribution in [-0.2, 0) is 16.4 Å². The molecular formula is C27H28ClN3O4S. The Morgan fingerprint density at radius 3 is 2.44 bits per heavy atom. The summed E-state index contributed by atoms with van der Waals surface area (Å²) in [4.78, 5) is 30.1. The molecule has 0 aliphatic carbocycles. The standard InChI is InChI=1S/C27H28ClN3O4S/c1-3-30(4-2)15-14-29-26(32)20-12-13-25-23(17-20)31(18-19-8-7-9-21(28)16-19)27(33)22-10-5-6-11-24(22)36(25,34)35/h5-13,16-17H,3-4,14-15,18H2,1-2H3,(H,29,32). The van der Waals surface area contributed by atoms with Gasteiger partial charge >= 0.3 is 0 Å². The highest BCUT2D eigenvalue weighted by molar-refractivity contribution is 7.91. The van der Waals surface area contributed by atoms with E-state index in [1.165, 1.54) is 35.2 Å². The predicted octanol–water partition coefficient (Wildman–Crippen LogP) is 4.40. The number of hydrogen-bond donors (Lipinski definition) is 1. The molecule has 0 atom stereocenters. The van der Waals surface area contributed by atoms with Crippen LogP contribution in [-0.4, -0.2) is 51.3 Å². The fourth-order valence-corrected chi connectivity index (χ4v) is 6.14. The van der Waals surface area contributed by atoms with Crippen LogP contribution >= 0.6 is 11.6 Å². The zero-order valence-electron chi connectivity index (χ0n) is 20.2. The van der Waals surface area contributed by atoms with Gasteiger partial charge < -0.3 is 15.1 Å². The molecule has 0 aromatic heterocycles. The van der Waals surface area contributed by atoms with Gasteiger partial charge in [-0.1, -0.05) is 49.7 Å². The van der Waals surface area contributed by atoms with Crippen molar-refractivity contribution in [3.05, 3.63) is 88.4 Å². The maximum absolute atomic E-state index is 13.7. The number of carbonyl (C=O) groups excluding carboxylic acids is 2. The third-order valence-corrected chi connectivity index (χ3v) is 8.39. The summed E-state index contributed by atoms with van der Waals surface area (Å²) in [6.45, 7) is 7.11. The van der Waals surface area contributed by atoms with Crippen LogP contribution < -0.4 is 10.2 Å². The van der Waals surface area contributed by atoms with Crippen LogP contribution in [0, 0.1) is 0 Å². The van der Waals surface area contributed by atoms with Crippen molar-refractivity contribution in [2.24, 2.45) is 0 Å². The minimum absolute atomic E-state index is 0.0254. The summed E-state index contributed by atoms with van der Waals surface area (Å²) < 4.78 is 27.2. The van der Waals surface area contributed by atoms with E-state index < -0.39 is 15.7 Å². The van der Waals surface area contributed by atoms with Gasteiger partial charge in [0.05, 0.1) is 27.6 Å². The molecule has 0 fully saturated rings. The molecule has 0 bridgehead atoms. The smallest absolute Gasteiger partial charge is 0.259 e. The lowest BCUT2D eigenvalue weighted by Crippen LogP contribution is -2.35. The number of sulfone groups is 1. The maximum Gasteiger partial charge on any atom is 0.259 e. The number of rotatable bonds is 8. The van der Waals surface area contributed by atoms with E-state index in [9.17, 15) is 18.0 Å². The SMILES string of the molecule is CCN(CC)CCNC(=O)c1ccc2c(c1)N(Cc1cccc(Cl)c1)C(=O)c1ccccc1S2(=O)=O. The van der Waals surface area contributed by atoms with Crippen molar-refractivity contribution >= 4 is 38.9 Å². The molecule has 7 nitrogen and oxygen atoms in total. The molecule has 0 saturated heterocycles.